The van der Waals surface area contributed by atoms with Crippen molar-refractivity contribution < 1.29 is 23.8 Å². The smallest absolute Gasteiger partial charge is 0.325 e. The van der Waals surface area contributed by atoms with E-state index < -0.39 is 23.6 Å². The molecule has 8 nitrogen and oxygen atoms in total. The molecule has 1 aromatic carbocycles. The Balaban J connectivity index is 1.60. The van der Waals surface area contributed by atoms with Gasteiger partial charge in [0.05, 0.1) is 24.4 Å². The highest BCUT2D eigenvalue weighted by Crippen LogP contribution is 2.29. The number of carbonyl (C=O) groups excluding carboxylic acids is 2. The van der Waals surface area contributed by atoms with Crippen LogP contribution in [0.3, 0.4) is 0 Å². The lowest BCUT2D eigenvalue weighted by Gasteiger charge is -2.20. The second kappa shape index (κ2) is 6.90. The molecule has 3 rings (SSSR count). The first kappa shape index (κ1) is 17.5. The Morgan fingerprint density at radius 1 is 1.35 bits per heavy atom. The highest BCUT2D eigenvalue weighted by Gasteiger charge is 2.51. The lowest BCUT2D eigenvalue weighted by molar-refractivity contribution is -0.132. The molecule has 1 aromatic heterocycles. The minimum atomic E-state index is -1.30. The number of hydrogen-bond donors (Lipinski definition) is 2. The monoisotopic (exact) mass is 355 g/mol. The van der Waals surface area contributed by atoms with Crippen molar-refractivity contribution in [1.29, 1.82) is 5.26 Å². The van der Waals surface area contributed by atoms with Crippen LogP contribution in [-0.2, 0) is 10.3 Å². The quantitative estimate of drug-likeness (QED) is 0.756. The van der Waals surface area contributed by atoms with E-state index in [1.807, 2.05) is 6.07 Å². The highest BCUT2D eigenvalue weighted by atomic mass is 16.5. The lowest BCUT2D eigenvalue weighted by atomic mass is 9.99. The maximum absolute atomic E-state index is 12.6. The fourth-order valence-corrected chi connectivity index (χ4v) is 2.67. The largest absolute Gasteiger partial charge is 0.491 e. The van der Waals surface area contributed by atoms with Gasteiger partial charge in [0, 0.05) is 0 Å². The second-order valence-corrected chi connectivity index (χ2v) is 6.05. The van der Waals surface area contributed by atoms with Crippen molar-refractivity contribution in [1.82, 2.24) is 10.2 Å². The average molecular weight is 355 g/mol. The number of urea groups is 1. The number of imide groups is 1. The van der Waals surface area contributed by atoms with Crippen LogP contribution in [-0.4, -0.2) is 41.2 Å². The molecule has 134 valence electrons. The van der Waals surface area contributed by atoms with Gasteiger partial charge in [0.15, 0.2) is 5.54 Å². The van der Waals surface area contributed by atoms with E-state index in [1.54, 1.807) is 43.3 Å². The van der Waals surface area contributed by atoms with E-state index in [0.717, 1.165) is 4.90 Å². The Kier molecular flexibility index (Phi) is 4.65. The van der Waals surface area contributed by atoms with Gasteiger partial charge in [-0.2, -0.15) is 5.26 Å². The van der Waals surface area contributed by atoms with Crippen molar-refractivity contribution in [3.05, 3.63) is 54.0 Å². The molecule has 0 aliphatic carbocycles. The van der Waals surface area contributed by atoms with Gasteiger partial charge in [0.2, 0.25) is 0 Å². The van der Waals surface area contributed by atoms with Gasteiger partial charge in [-0.25, -0.2) is 4.79 Å². The number of rotatable bonds is 6. The molecule has 0 radical (unpaired) electrons. The maximum Gasteiger partial charge on any atom is 0.325 e. The fraction of sp³-hybridized carbons (Fsp3) is 0.278. The van der Waals surface area contributed by atoms with Gasteiger partial charge in [-0.3, -0.25) is 9.69 Å². The summed E-state index contributed by atoms with van der Waals surface area (Å²) in [4.78, 5) is 25.7. The number of nitrogens with one attached hydrogen (secondary N) is 1. The van der Waals surface area contributed by atoms with E-state index in [4.69, 9.17) is 14.4 Å². The second-order valence-electron chi connectivity index (χ2n) is 6.05. The number of aliphatic hydroxyl groups excluding tert-OH is 1. The van der Waals surface area contributed by atoms with Crippen LogP contribution in [0.15, 0.2) is 47.1 Å². The van der Waals surface area contributed by atoms with Crippen LogP contribution in [0, 0.1) is 11.3 Å². The standard InChI is InChI=1S/C18H17N3O5/c1-18(15-3-2-8-25-15)16(23)21(17(24)20-18)10-13(22)11-26-14-6-4-12(9-19)5-7-14/h2-8,13,22H,10-11H2,1H3,(H,20,24). The van der Waals surface area contributed by atoms with Crippen molar-refractivity contribution in [2.75, 3.05) is 13.2 Å². The van der Waals surface area contributed by atoms with Gasteiger partial charge < -0.3 is 19.6 Å². The molecule has 2 N–H and O–H groups in total. The number of nitrogens with zero attached hydrogens (tertiary/aromatic N) is 2. The number of benzene rings is 1. The van der Waals surface area contributed by atoms with Gasteiger partial charge >= 0.3 is 6.03 Å². The third-order valence-electron chi connectivity index (χ3n) is 4.11. The number of nitriles is 1. The zero-order valence-electron chi connectivity index (χ0n) is 14.0. The molecule has 1 fully saturated rings. The van der Waals surface area contributed by atoms with Crippen LogP contribution in [0.5, 0.6) is 5.75 Å². The number of aliphatic hydroxyl groups is 1. The molecule has 2 aromatic rings. The normalized spacial score (nSPS) is 20.6. The zero-order valence-corrected chi connectivity index (χ0v) is 14.0. The number of carbonyl (C=O) groups is 2. The van der Waals surface area contributed by atoms with Crippen LogP contribution in [0.1, 0.15) is 18.2 Å². The Hall–Kier alpha value is -3.31. The van der Waals surface area contributed by atoms with Gasteiger partial charge in [-0.1, -0.05) is 0 Å². The third-order valence-corrected chi connectivity index (χ3v) is 4.11. The number of ether oxygens (including phenoxy) is 1. The molecular weight excluding hydrogens is 338 g/mol. The van der Waals surface area contributed by atoms with Crippen molar-refractivity contribution in [2.24, 2.45) is 0 Å². The lowest BCUT2D eigenvalue weighted by Crippen LogP contribution is -2.42. The highest BCUT2D eigenvalue weighted by molar-refractivity contribution is 6.06. The maximum atomic E-state index is 12.6. The summed E-state index contributed by atoms with van der Waals surface area (Å²) < 4.78 is 10.7. The Morgan fingerprint density at radius 2 is 2.08 bits per heavy atom. The zero-order chi connectivity index (χ0) is 18.7. The molecule has 26 heavy (non-hydrogen) atoms. The van der Waals surface area contributed by atoms with Crippen LogP contribution in [0.25, 0.3) is 0 Å². The summed E-state index contributed by atoms with van der Waals surface area (Å²) in [6.45, 7) is 1.23. The van der Waals surface area contributed by atoms with Crippen LogP contribution in [0.4, 0.5) is 4.79 Å². The summed E-state index contributed by atoms with van der Waals surface area (Å²) in [5, 5.41) is 21.5. The van der Waals surface area contributed by atoms with Crippen LogP contribution < -0.4 is 10.1 Å². The van der Waals surface area contributed by atoms with E-state index in [-0.39, 0.29) is 13.2 Å². The summed E-state index contributed by atoms with van der Waals surface area (Å²) in [6, 6.07) is 11.0. The topological polar surface area (TPSA) is 116 Å². The summed E-state index contributed by atoms with van der Waals surface area (Å²) in [5.41, 5.74) is -0.802. The molecule has 2 atom stereocenters. The molecule has 1 saturated heterocycles. The van der Waals surface area contributed by atoms with Gasteiger partial charge in [0.1, 0.15) is 24.2 Å². The summed E-state index contributed by atoms with van der Waals surface area (Å²) >= 11 is 0. The molecule has 0 saturated carbocycles. The summed E-state index contributed by atoms with van der Waals surface area (Å²) in [6.07, 6.45) is 0.349. The first-order valence-electron chi connectivity index (χ1n) is 7.93. The van der Waals surface area contributed by atoms with Crippen molar-refractivity contribution in [2.45, 2.75) is 18.6 Å². The number of β-amino-alcohol motifs (C(OH)–C–C–N with tert-alkyl or cyclic N) is 1. The minimum Gasteiger partial charge on any atom is -0.491 e. The van der Waals surface area contributed by atoms with Gasteiger partial charge in [-0.15, -0.1) is 0 Å². The van der Waals surface area contributed by atoms with Crippen molar-refractivity contribution in [3.8, 4) is 11.8 Å². The molecule has 0 spiro atoms. The molecule has 8 heteroatoms. The Labute approximate surface area is 149 Å². The average Bonchev–Trinajstić information content (AvgIpc) is 3.25. The Morgan fingerprint density at radius 3 is 2.69 bits per heavy atom. The van der Waals surface area contributed by atoms with Crippen molar-refractivity contribution >= 4 is 11.9 Å². The predicted molar refractivity (Wildman–Crippen MR) is 89.0 cm³/mol. The van der Waals surface area contributed by atoms with E-state index in [2.05, 4.69) is 5.32 Å². The van der Waals surface area contributed by atoms with Crippen molar-refractivity contribution in [3.63, 3.8) is 0 Å². The van der Waals surface area contributed by atoms with E-state index in [0.29, 0.717) is 17.1 Å². The molecule has 2 heterocycles. The molecular formula is C18H17N3O5. The third kappa shape index (κ3) is 3.25. The number of hydrogen-bond acceptors (Lipinski definition) is 6. The molecule has 1 aliphatic heterocycles. The summed E-state index contributed by atoms with van der Waals surface area (Å²) in [7, 11) is 0. The van der Waals surface area contributed by atoms with E-state index >= 15 is 0 Å². The number of furan rings is 1. The Bertz CT molecular complexity index is 841. The first-order valence-corrected chi connectivity index (χ1v) is 7.93. The molecule has 3 amide bonds. The predicted octanol–water partition coefficient (Wildman–Crippen LogP) is 1.36. The van der Waals surface area contributed by atoms with Crippen LogP contribution in [0.2, 0.25) is 0 Å². The SMILES string of the molecule is CC1(c2ccco2)NC(=O)N(CC(O)COc2ccc(C#N)cc2)C1=O. The van der Waals surface area contributed by atoms with E-state index in [9.17, 15) is 14.7 Å². The molecule has 2 unspecified atom stereocenters. The first-order chi connectivity index (χ1) is 12.4. The minimum absolute atomic E-state index is 0.111. The molecule has 1 aliphatic rings. The summed E-state index contributed by atoms with van der Waals surface area (Å²) in [5.74, 6) is 0.289. The van der Waals surface area contributed by atoms with Crippen LogP contribution >= 0.6 is 0 Å². The van der Waals surface area contributed by atoms with E-state index in [1.165, 1.54) is 6.26 Å². The fourth-order valence-electron chi connectivity index (χ4n) is 2.67. The van der Waals surface area contributed by atoms with Gasteiger partial charge in [0.25, 0.3) is 5.91 Å². The van der Waals surface area contributed by atoms with Gasteiger partial charge in [-0.05, 0) is 43.3 Å². The molecule has 0 bridgehead atoms. The number of amides is 3.